The third-order valence-corrected chi connectivity index (χ3v) is 9.90. The Hall–Kier alpha value is -3.58. The molecule has 0 radical (unpaired) electrons. The fourth-order valence-corrected chi connectivity index (χ4v) is 7.37. The smallest absolute Gasteiger partial charge is 0.413 e. The van der Waals surface area contributed by atoms with Crippen molar-refractivity contribution in [1.29, 1.82) is 0 Å². The van der Waals surface area contributed by atoms with Crippen molar-refractivity contribution in [2.75, 3.05) is 32.1 Å². The van der Waals surface area contributed by atoms with Crippen molar-refractivity contribution in [3.05, 3.63) is 81.7 Å². The molecule has 0 atom stereocenters. The molecule has 1 aromatic heterocycles. The number of alkyl carbamates (subject to hydrolysis) is 1. The van der Waals surface area contributed by atoms with Crippen molar-refractivity contribution in [1.82, 2.24) is 14.5 Å². The van der Waals surface area contributed by atoms with Crippen LogP contribution in [0.1, 0.15) is 50.6 Å². The highest BCUT2D eigenvalue weighted by Crippen LogP contribution is 2.38. The average molecular weight is 585 g/mol. The first-order valence-corrected chi connectivity index (χ1v) is 15.1. The second kappa shape index (κ2) is 12.7. The van der Waals surface area contributed by atoms with Gasteiger partial charge in [-0.2, -0.15) is 4.31 Å². The van der Waals surface area contributed by atoms with Gasteiger partial charge in [-0.3, -0.25) is 19.8 Å². The Kier molecular flexibility index (Phi) is 9.36. The van der Waals surface area contributed by atoms with Gasteiger partial charge in [0, 0.05) is 43.2 Å². The third-order valence-electron chi connectivity index (χ3n) is 6.70. The normalized spacial score (nSPS) is 13.5. The van der Waals surface area contributed by atoms with Crippen LogP contribution in [0.15, 0.2) is 59.5 Å². The summed E-state index contributed by atoms with van der Waals surface area (Å²) in [6.07, 6.45) is -0.329. The zero-order chi connectivity index (χ0) is 28.9. The lowest BCUT2D eigenvalue weighted by Gasteiger charge is -2.27. The highest BCUT2D eigenvalue weighted by atomic mass is 32.2. The van der Waals surface area contributed by atoms with Gasteiger partial charge in [0.15, 0.2) is 0 Å². The van der Waals surface area contributed by atoms with Crippen LogP contribution in [-0.2, 0) is 34.3 Å². The number of methoxy groups -OCH3 is 1. The van der Waals surface area contributed by atoms with E-state index in [4.69, 9.17) is 0 Å². The minimum Gasteiger partial charge on any atom is -0.453 e. The van der Waals surface area contributed by atoms with E-state index < -0.39 is 27.9 Å². The van der Waals surface area contributed by atoms with E-state index in [1.165, 1.54) is 52.6 Å². The molecule has 4 rings (SSSR count). The molecule has 0 spiro atoms. The number of hydrogen-bond donors (Lipinski definition) is 2. The lowest BCUT2D eigenvalue weighted by atomic mass is 10.0. The molecule has 1 aliphatic rings. The van der Waals surface area contributed by atoms with Crippen LogP contribution in [-0.4, -0.2) is 62.3 Å². The van der Waals surface area contributed by atoms with Crippen LogP contribution < -0.4 is 10.6 Å². The number of sulfonamides is 1. The van der Waals surface area contributed by atoms with Gasteiger partial charge >= 0.3 is 6.09 Å². The molecule has 212 valence electrons. The van der Waals surface area contributed by atoms with Gasteiger partial charge < -0.3 is 10.1 Å². The Morgan fingerprint density at radius 1 is 1.00 bits per heavy atom. The zero-order valence-electron chi connectivity index (χ0n) is 22.6. The fourth-order valence-electron chi connectivity index (χ4n) is 4.63. The molecule has 0 fully saturated rings. The molecule has 40 heavy (non-hydrogen) atoms. The topological polar surface area (TPSA) is 125 Å². The van der Waals surface area contributed by atoms with Crippen LogP contribution >= 0.6 is 11.3 Å². The molecule has 1 aliphatic heterocycles. The Bertz CT molecular complexity index is 1480. The van der Waals surface area contributed by atoms with Gasteiger partial charge in [0.05, 0.1) is 17.6 Å². The van der Waals surface area contributed by atoms with E-state index in [0.717, 1.165) is 17.0 Å². The maximum atomic E-state index is 13.2. The summed E-state index contributed by atoms with van der Waals surface area (Å²) in [7, 11) is -2.50. The van der Waals surface area contributed by atoms with Crippen LogP contribution in [0.2, 0.25) is 0 Å². The number of amides is 3. The minimum atomic E-state index is -3.66. The third kappa shape index (κ3) is 6.41. The number of anilines is 1. The van der Waals surface area contributed by atoms with Gasteiger partial charge in [-0.15, -0.1) is 11.3 Å². The van der Waals surface area contributed by atoms with Crippen LogP contribution in [0, 0.1) is 0 Å². The molecular weight excluding hydrogens is 552 g/mol. The molecule has 2 aromatic carbocycles. The number of nitrogens with zero attached hydrogens (tertiary/aromatic N) is 2. The van der Waals surface area contributed by atoms with E-state index in [1.54, 1.807) is 13.8 Å². The number of benzene rings is 2. The SMILES string of the molecule is CCN(CC)S(=O)(=O)c1ccc(C(=O)Nc2sc3c(c2C(=O)NC(=O)OC)CCN(Cc2ccccc2)C3)cc1. The molecule has 0 saturated heterocycles. The largest absolute Gasteiger partial charge is 0.453 e. The van der Waals surface area contributed by atoms with Gasteiger partial charge in [-0.1, -0.05) is 44.2 Å². The highest BCUT2D eigenvalue weighted by Gasteiger charge is 2.30. The number of carbonyl (C=O) groups excluding carboxylic acids is 3. The Balaban J connectivity index is 1.59. The molecule has 2 heterocycles. The Morgan fingerprint density at radius 3 is 2.30 bits per heavy atom. The highest BCUT2D eigenvalue weighted by molar-refractivity contribution is 7.89. The minimum absolute atomic E-state index is 0.0935. The van der Waals surface area contributed by atoms with E-state index in [-0.39, 0.29) is 16.0 Å². The predicted molar refractivity (Wildman–Crippen MR) is 153 cm³/mol. The number of ether oxygens (including phenoxy) is 1. The lowest BCUT2D eigenvalue weighted by Crippen LogP contribution is -2.33. The van der Waals surface area contributed by atoms with Crippen LogP contribution in [0.3, 0.4) is 0 Å². The van der Waals surface area contributed by atoms with Gasteiger partial charge in [-0.05, 0) is 41.8 Å². The van der Waals surface area contributed by atoms with Gasteiger partial charge in [0.1, 0.15) is 5.00 Å². The van der Waals surface area contributed by atoms with E-state index in [1.807, 2.05) is 18.2 Å². The predicted octanol–water partition coefficient (Wildman–Crippen LogP) is 4.09. The van der Waals surface area contributed by atoms with Crippen LogP contribution in [0.25, 0.3) is 0 Å². The molecule has 3 aromatic rings. The monoisotopic (exact) mass is 584 g/mol. The summed E-state index contributed by atoms with van der Waals surface area (Å²) in [5.41, 5.74) is 2.42. The van der Waals surface area contributed by atoms with Crippen molar-refractivity contribution in [2.24, 2.45) is 0 Å². The van der Waals surface area contributed by atoms with E-state index in [2.05, 4.69) is 32.4 Å². The molecule has 3 amide bonds. The standard InChI is InChI=1S/C28H32N4O6S2/c1-4-32(5-2)40(36,37)21-13-11-20(12-14-21)25(33)29-27-24(26(34)30-28(35)38-3)22-15-16-31(18-23(22)39-27)17-19-9-7-6-8-10-19/h6-14H,4-5,15-18H2,1-3H3,(H,29,33)(H,30,34,35). The van der Waals surface area contributed by atoms with E-state index >= 15 is 0 Å². The summed E-state index contributed by atoms with van der Waals surface area (Å²) in [6, 6.07) is 15.7. The first kappa shape index (κ1) is 29.4. The molecule has 0 bridgehead atoms. The van der Waals surface area contributed by atoms with E-state index in [0.29, 0.717) is 37.6 Å². The molecular formula is C28H32N4O6S2. The number of hydrogen-bond acceptors (Lipinski definition) is 8. The summed E-state index contributed by atoms with van der Waals surface area (Å²) >= 11 is 1.29. The molecule has 2 N–H and O–H groups in total. The van der Waals surface area contributed by atoms with Gasteiger partial charge in [0.2, 0.25) is 10.0 Å². The number of rotatable bonds is 9. The second-order valence-corrected chi connectivity index (χ2v) is 12.2. The number of nitrogens with one attached hydrogen (secondary N) is 2. The van der Waals surface area contributed by atoms with Crippen molar-refractivity contribution < 1.29 is 27.5 Å². The molecule has 0 aliphatic carbocycles. The number of carbonyl (C=O) groups is 3. The molecule has 0 saturated carbocycles. The summed E-state index contributed by atoms with van der Waals surface area (Å²) in [5, 5.41) is 5.33. The zero-order valence-corrected chi connectivity index (χ0v) is 24.2. The summed E-state index contributed by atoms with van der Waals surface area (Å²) in [5.74, 6) is -1.16. The van der Waals surface area contributed by atoms with Crippen molar-refractivity contribution in [3.63, 3.8) is 0 Å². The fraction of sp³-hybridized carbons (Fsp3) is 0.321. The summed E-state index contributed by atoms with van der Waals surface area (Å²) in [6.45, 7) is 6.23. The number of thiophene rings is 1. The quantitative estimate of drug-likeness (QED) is 0.388. The average Bonchev–Trinajstić information content (AvgIpc) is 3.31. The maximum Gasteiger partial charge on any atom is 0.413 e. The van der Waals surface area contributed by atoms with Crippen molar-refractivity contribution in [2.45, 2.75) is 38.3 Å². The van der Waals surface area contributed by atoms with Crippen molar-refractivity contribution >= 4 is 44.3 Å². The molecule has 10 nitrogen and oxygen atoms in total. The molecule has 0 unspecified atom stereocenters. The lowest BCUT2D eigenvalue weighted by molar-refractivity contribution is 0.0936. The molecule has 12 heteroatoms. The Morgan fingerprint density at radius 2 is 1.68 bits per heavy atom. The first-order valence-electron chi connectivity index (χ1n) is 12.9. The second-order valence-electron chi connectivity index (χ2n) is 9.17. The maximum absolute atomic E-state index is 13.2. The number of fused-ring (bicyclic) bond motifs is 1. The van der Waals surface area contributed by atoms with Crippen molar-refractivity contribution in [3.8, 4) is 0 Å². The van der Waals surface area contributed by atoms with Gasteiger partial charge in [0.25, 0.3) is 11.8 Å². The number of imide groups is 1. The van der Waals surface area contributed by atoms with Gasteiger partial charge in [-0.25, -0.2) is 13.2 Å². The Labute approximate surface area is 238 Å². The summed E-state index contributed by atoms with van der Waals surface area (Å²) in [4.78, 5) is 41.4. The summed E-state index contributed by atoms with van der Waals surface area (Å²) < 4.78 is 31.5. The van der Waals surface area contributed by atoms with Crippen LogP contribution in [0.4, 0.5) is 9.80 Å². The van der Waals surface area contributed by atoms with E-state index in [9.17, 15) is 22.8 Å². The first-order chi connectivity index (χ1) is 19.2. The van der Waals surface area contributed by atoms with Crippen LogP contribution in [0.5, 0.6) is 0 Å².